The zero-order chi connectivity index (χ0) is 22.6. The maximum atomic E-state index is 12.7. The zero-order valence-electron chi connectivity index (χ0n) is 15.5. The first kappa shape index (κ1) is 22.9. The van der Waals surface area contributed by atoms with E-state index in [4.69, 9.17) is 34.8 Å². The van der Waals surface area contributed by atoms with Gasteiger partial charge in [0.1, 0.15) is 0 Å². The van der Waals surface area contributed by atoms with E-state index in [1.807, 2.05) is 0 Å². The highest BCUT2D eigenvalue weighted by atomic mass is 35.5. The Morgan fingerprint density at radius 3 is 2.13 bits per heavy atom. The topological polar surface area (TPSA) is 104 Å². The maximum Gasteiger partial charge on any atom is 0.271 e. The van der Waals surface area contributed by atoms with Crippen molar-refractivity contribution < 1.29 is 18.0 Å². The predicted octanol–water partition coefficient (Wildman–Crippen LogP) is 4.52. The van der Waals surface area contributed by atoms with Crippen LogP contribution in [0.3, 0.4) is 0 Å². The van der Waals surface area contributed by atoms with E-state index < -0.39 is 21.8 Å². The number of anilines is 1. The van der Waals surface area contributed by atoms with Crippen molar-refractivity contribution in [3.8, 4) is 0 Å². The number of hydrogen-bond donors (Lipinski definition) is 3. The Kier molecular flexibility index (Phi) is 7.07. The van der Waals surface area contributed by atoms with Crippen LogP contribution in [-0.4, -0.2) is 20.2 Å². The van der Waals surface area contributed by atoms with Gasteiger partial charge in [0, 0.05) is 5.56 Å². The molecule has 3 aromatic carbocycles. The molecule has 0 unspecified atom stereocenters. The van der Waals surface area contributed by atoms with Crippen LogP contribution in [0, 0.1) is 0 Å². The van der Waals surface area contributed by atoms with Gasteiger partial charge in [-0.2, -0.15) is 0 Å². The number of carbonyl (C=O) groups is 2. The van der Waals surface area contributed by atoms with E-state index in [2.05, 4.69) is 15.6 Å². The van der Waals surface area contributed by atoms with E-state index in [0.29, 0.717) is 0 Å². The lowest BCUT2D eigenvalue weighted by atomic mass is 10.2. The van der Waals surface area contributed by atoms with E-state index in [0.717, 1.165) is 6.07 Å². The molecule has 3 rings (SSSR count). The van der Waals surface area contributed by atoms with Crippen molar-refractivity contribution in [1.29, 1.82) is 0 Å². The molecule has 0 aromatic heterocycles. The summed E-state index contributed by atoms with van der Waals surface area (Å²) in [7, 11) is -4.01. The van der Waals surface area contributed by atoms with Crippen LogP contribution in [0.5, 0.6) is 0 Å². The Hall–Kier alpha value is -2.78. The normalized spacial score (nSPS) is 10.9. The number of hydrogen-bond acceptors (Lipinski definition) is 4. The van der Waals surface area contributed by atoms with Crippen LogP contribution < -0.4 is 15.6 Å². The molecular weight excluding hydrogens is 485 g/mol. The van der Waals surface area contributed by atoms with E-state index >= 15 is 0 Å². The van der Waals surface area contributed by atoms with Gasteiger partial charge in [0.2, 0.25) is 0 Å². The lowest BCUT2D eigenvalue weighted by molar-refractivity contribution is 0.0846. The molecule has 0 saturated carbocycles. The van der Waals surface area contributed by atoms with Gasteiger partial charge in [-0.3, -0.25) is 25.2 Å². The van der Waals surface area contributed by atoms with Gasteiger partial charge in [-0.15, -0.1) is 0 Å². The highest BCUT2D eigenvalue weighted by Crippen LogP contribution is 2.26. The van der Waals surface area contributed by atoms with E-state index in [1.54, 1.807) is 12.1 Å². The highest BCUT2D eigenvalue weighted by molar-refractivity contribution is 7.92. The maximum absolute atomic E-state index is 12.7. The summed E-state index contributed by atoms with van der Waals surface area (Å²) in [6.45, 7) is 0. The van der Waals surface area contributed by atoms with Crippen molar-refractivity contribution in [1.82, 2.24) is 10.9 Å². The third kappa shape index (κ3) is 5.48. The van der Waals surface area contributed by atoms with Crippen LogP contribution in [0.25, 0.3) is 0 Å². The van der Waals surface area contributed by atoms with Crippen molar-refractivity contribution in [3.63, 3.8) is 0 Å². The molecule has 0 saturated heterocycles. The summed E-state index contributed by atoms with van der Waals surface area (Å²) in [5, 5.41) is 0.446. The van der Waals surface area contributed by atoms with Crippen molar-refractivity contribution in [2.75, 3.05) is 4.72 Å². The molecule has 3 N–H and O–H groups in total. The van der Waals surface area contributed by atoms with Crippen LogP contribution >= 0.6 is 34.8 Å². The molecule has 0 radical (unpaired) electrons. The quantitative estimate of drug-likeness (QED) is 0.450. The Morgan fingerprint density at radius 1 is 0.742 bits per heavy atom. The third-order valence-corrected chi connectivity index (χ3v) is 6.52. The summed E-state index contributed by atoms with van der Waals surface area (Å²) in [5.74, 6) is -1.42. The van der Waals surface area contributed by atoms with Crippen LogP contribution in [0.15, 0.2) is 71.6 Å². The summed E-state index contributed by atoms with van der Waals surface area (Å²) in [6, 6.07) is 16.1. The first-order valence-corrected chi connectivity index (χ1v) is 11.2. The average Bonchev–Trinajstić information content (AvgIpc) is 2.75. The van der Waals surface area contributed by atoms with Gasteiger partial charge >= 0.3 is 0 Å². The summed E-state index contributed by atoms with van der Waals surface area (Å²) in [5.41, 5.74) is 4.67. The van der Waals surface area contributed by atoms with Crippen LogP contribution in [-0.2, 0) is 10.0 Å². The number of halogens is 3. The minimum absolute atomic E-state index is 0.000440. The second-order valence-electron chi connectivity index (χ2n) is 6.12. The molecule has 0 spiro atoms. The molecule has 3 aromatic rings. The van der Waals surface area contributed by atoms with Crippen LogP contribution in [0.2, 0.25) is 15.1 Å². The first-order valence-electron chi connectivity index (χ1n) is 8.61. The van der Waals surface area contributed by atoms with Gasteiger partial charge in [-0.1, -0.05) is 59.1 Å². The van der Waals surface area contributed by atoms with E-state index in [-0.39, 0.29) is 36.8 Å². The van der Waals surface area contributed by atoms with Crippen molar-refractivity contribution in [2.24, 2.45) is 0 Å². The minimum Gasteiger partial charge on any atom is -0.278 e. The minimum atomic E-state index is -4.01. The molecule has 0 aliphatic heterocycles. The number of amides is 2. The van der Waals surface area contributed by atoms with Gasteiger partial charge in [-0.05, 0) is 42.5 Å². The SMILES string of the molecule is O=C(NNC(=O)c1cccc(Cl)c1Cl)c1cccc(S(=O)(=O)Nc2ccccc2Cl)c1. The van der Waals surface area contributed by atoms with Gasteiger partial charge in [0.25, 0.3) is 21.8 Å². The summed E-state index contributed by atoms with van der Waals surface area (Å²) < 4.78 is 27.7. The van der Waals surface area contributed by atoms with Gasteiger partial charge < -0.3 is 0 Å². The smallest absolute Gasteiger partial charge is 0.271 e. The molecule has 0 atom stereocenters. The van der Waals surface area contributed by atoms with E-state index in [9.17, 15) is 18.0 Å². The second-order valence-corrected chi connectivity index (χ2v) is 9.00. The number of nitrogens with one attached hydrogen (secondary N) is 3. The Labute approximate surface area is 193 Å². The van der Waals surface area contributed by atoms with Gasteiger partial charge in [-0.25, -0.2) is 8.42 Å². The molecule has 0 fully saturated rings. The predicted molar refractivity (Wildman–Crippen MR) is 120 cm³/mol. The van der Waals surface area contributed by atoms with Crippen LogP contribution in [0.1, 0.15) is 20.7 Å². The molecule has 11 heteroatoms. The molecule has 31 heavy (non-hydrogen) atoms. The number of rotatable bonds is 5. The fraction of sp³-hybridized carbons (Fsp3) is 0. The summed E-state index contributed by atoms with van der Waals surface area (Å²) >= 11 is 17.8. The number of sulfonamides is 1. The highest BCUT2D eigenvalue weighted by Gasteiger charge is 2.18. The summed E-state index contributed by atoms with van der Waals surface area (Å²) in [6.07, 6.45) is 0. The Balaban J connectivity index is 1.73. The fourth-order valence-corrected chi connectivity index (χ4v) is 4.23. The van der Waals surface area contributed by atoms with Crippen molar-refractivity contribution in [2.45, 2.75) is 4.90 Å². The van der Waals surface area contributed by atoms with Gasteiger partial charge in [0.15, 0.2) is 0 Å². The third-order valence-electron chi connectivity index (χ3n) is 4.01. The second kappa shape index (κ2) is 9.57. The molecular formula is C20H14Cl3N3O4S. The summed E-state index contributed by atoms with van der Waals surface area (Å²) in [4.78, 5) is 24.5. The monoisotopic (exact) mass is 497 g/mol. The first-order chi connectivity index (χ1) is 14.7. The molecule has 0 heterocycles. The Bertz CT molecular complexity index is 1270. The van der Waals surface area contributed by atoms with Crippen LogP contribution in [0.4, 0.5) is 5.69 Å². The van der Waals surface area contributed by atoms with Crippen molar-refractivity contribution >= 4 is 62.3 Å². The van der Waals surface area contributed by atoms with E-state index in [1.165, 1.54) is 48.5 Å². The lowest BCUT2D eigenvalue weighted by Crippen LogP contribution is -2.41. The molecule has 2 amide bonds. The average molecular weight is 499 g/mol. The fourth-order valence-electron chi connectivity index (χ4n) is 2.48. The molecule has 0 aliphatic carbocycles. The number of carbonyl (C=O) groups excluding carboxylic acids is 2. The number of benzene rings is 3. The number of hydrazine groups is 1. The molecule has 0 bridgehead atoms. The number of para-hydroxylation sites is 1. The zero-order valence-corrected chi connectivity index (χ0v) is 18.6. The lowest BCUT2D eigenvalue weighted by Gasteiger charge is -2.11. The molecule has 7 nitrogen and oxygen atoms in total. The Morgan fingerprint density at radius 2 is 1.39 bits per heavy atom. The van der Waals surface area contributed by atoms with Gasteiger partial charge in [0.05, 0.1) is 31.2 Å². The van der Waals surface area contributed by atoms with Crippen molar-refractivity contribution in [3.05, 3.63) is 92.9 Å². The standard InChI is InChI=1S/C20H14Cl3N3O4S/c21-15-8-1-2-10-17(15)26-31(29,30)13-6-3-5-12(11-13)19(27)24-25-20(28)14-7-4-9-16(22)18(14)23/h1-11,26H,(H,24,27)(H,25,28). The molecule has 0 aliphatic rings. The molecule has 160 valence electrons. The largest absolute Gasteiger partial charge is 0.278 e.